The topological polar surface area (TPSA) is 0 Å². The second kappa shape index (κ2) is 23.9. The Labute approximate surface area is 145 Å². The summed E-state index contributed by atoms with van der Waals surface area (Å²) >= 11 is 0. The molecule has 0 aliphatic carbocycles. The molecule has 1 heteroatoms. The molecule has 0 saturated heterocycles. The van der Waals surface area contributed by atoms with E-state index in [1.54, 1.807) is 0 Å². The summed E-state index contributed by atoms with van der Waals surface area (Å²) in [6.07, 6.45) is 7.03. The molecule has 0 aliphatic rings. The SMILES string of the molecule is [CH2-]CCC(C)C.[CH2-]CCC(C)C.[CH2-]CCC(C)C.[H-].[Hf]. The summed E-state index contributed by atoms with van der Waals surface area (Å²) in [5.41, 5.74) is 0. The summed E-state index contributed by atoms with van der Waals surface area (Å²) in [7, 11) is 0. The molecular formula is C18H40Hf-4. The van der Waals surface area contributed by atoms with E-state index in [0.29, 0.717) is 0 Å². The molecule has 0 aliphatic heterocycles. The third-order valence-electron chi connectivity index (χ3n) is 2.34. The largest absolute Gasteiger partial charge is 1.00 e. The molecule has 120 valence electrons. The average Bonchev–Trinajstić information content (AvgIpc) is 2.18. The zero-order valence-electron chi connectivity index (χ0n) is 15.6. The third-order valence-corrected chi connectivity index (χ3v) is 2.34. The number of hydrogen-bond acceptors (Lipinski definition) is 0. The van der Waals surface area contributed by atoms with E-state index in [9.17, 15) is 0 Å². The van der Waals surface area contributed by atoms with Crippen LogP contribution in [0.4, 0.5) is 0 Å². The second-order valence-electron chi connectivity index (χ2n) is 6.11. The van der Waals surface area contributed by atoms with Crippen LogP contribution in [0, 0.1) is 38.5 Å². The molecule has 0 spiro atoms. The maximum atomic E-state index is 3.73. The van der Waals surface area contributed by atoms with Gasteiger partial charge in [-0.25, -0.2) is 0 Å². The number of rotatable bonds is 6. The Kier molecular flexibility index (Phi) is 35.4. The first-order valence-corrected chi connectivity index (χ1v) is 7.69. The van der Waals surface area contributed by atoms with Gasteiger partial charge in [0.2, 0.25) is 0 Å². The third kappa shape index (κ3) is 55.1. The Morgan fingerprint density at radius 2 is 0.737 bits per heavy atom. The smallest absolute Gasteiger partial charge is 0 e. The quantitative estimate of drug-likeness (QED) is 0.315. The van der Waals surface area contributed by atoms with Crippen LogP contribution in [-0.2, 0) is 25.8 Å². The van der Waals surface area contributed by atoms with Crippen molar-refractivity contribution in [2.75, 3.05) is 0 Å². The van der Waals surface area contributed by atoms with E-state index in [2.05, 4.69) is 62.3 Å². The summed E-state index contributed by atoms with van der Waals surface area (Å²) in [4.78, 5) is 0. The minimum absolute atomic E-state index is 0. The second-order valence-corrected chi connectivity index (χ2v) is 6.11. The molecule has 0 aromatic rings. The molecule has 0 aromatic carbocycles. The van der Waals surface area contributed by atoms with E-state index < -0.39 is 0 Å². The molecule has 0 bridgehead atoms. The standard InChI is InChI=1S/3C6H13.Hf.H/c3*1-4-5-6(2)3;;/h3*6H,1,4-5H2,2-3H3;;/q3*-1;;-1. The van der Waals surface area contributed by atoms with Crippen LogP contribution in [0.25, 0.3) is 0 Å². The van der Waals surface area contributed by atoms with Crippen molar-refractivity contribution in [3.8, 4) is 0 Å². The van der Waals surface area contributed by atoms with Crippen LogP contribution in [0.15, 0.2) is 0 Å². The van der Waals surface area contributed by atoms with Gasteiger partial charge < -0.3 is 22.2 Å². The van der Waals surface area contributed by atoms with E-state index in [1.165, 1.54) is 19.3 Å². The molecule has 0 aromatic heterocycles. The van der Waals surface area contributed by atoms with E-state index in [0.717, 1.165) is 37.0 Å². The number of hydrogen-bond donors (Lipinski definition) is 0. The van der Waals surface area contributed by atoms with Gasteiger partial charge in [-0.1, -0.05) is 60.8 Å². The molecule has 0 saturated carbocycles. The maximum absolute atomic E-state index is 3.73. The van der Waals surface area contributed by atoms with Gasteiger partial charge in [-0.3, -0.25) is 0 Å². The van der Waals surface area contributed by atoms with Crippen molar-refractivity contribution in [2.24, 2.45) is 17.8 Å². The molecule has 0 amide bonds. The molecule has 19 heavy (non-hydrogen) atoms. The van der Waals surface area contributed by atoms with Crippen molar-refractivity contribution >= 4 is 0 Å². The summed E-state index contributed by atoms with van der Waals surface area (Å²) in [6, 6.07) is 0. The predicted octanol–water partition coefficient (Wildman–Crippen LogP) is 6.88. The van der Waals surface area contributed by atoms with Gasteiger partial charge in [0.25, 0.3) is 0 Å². The van der Waals surface area contributed by atoms with Gasteiger partial charge in [0, 0.05) is 25.8 Å². The minimum atomic E-state index is 0. The van der Waals surface area contributed by atoms with Gasteiger partial charge in [-0.05, 0) is 17.8 Å². The van der Waals surface area contributed by atoms with Gasteiger partial charge in [0.15, 0.2) is 0 Å². The predicted molar refractivity (Wildman–Crippen MR) is 89.4 cm³/mol. The molecule has 0 fully saturated rings. The summed E-state index contributed by atoms with van der Waals surface area (Å²) < 4.78 is 0. The van der Waals surface area contributed by atoms with Crippen LogP contribution in [0.5, 0.6) is 0 Å². The van der Waals surface area contributed by atoms with Crippen LogP contribution < -0.4 is 0 Å². The normalized spacial score (nSPS) is 9.47. The van der Waals surface area contributed by atoms with E-state index in [-0.39, 0.29) is 27.3 Å². The zero-order chi connectivity index (χ0) is 15.0. The van der Waals surface area contributed by atoms with Crippen LogP contribution in [0.1, 0.15) is 81.5 Å². The zero-order valence-corrected chi connectivity index (χ0v) is 18.2. The maximum Gasteiger partial charge on any atom is 0 e. The fraction of sp³-hybridized carbons (Fsp3) is 0.833. The van der Waals surface area contributed by atoms with Crippen LogP contribution in [0.3, 0.4) is 0 Å². The van der Waals surface area contributed by atoms with Crippen LogP contribution in [0.2, 0.25) is 0 Å². The fourth-order valence-electron chi connectivity index (χ4n) is 1.22. The summed E-state index contributed by atoms with van der Waals surface area (Å²) in [5, 5.41) is 0. The van der Waals surface area contributed by atoms with Crippen LogP contribution >= 0.6 is 0 Å². The minimum Gasteiger partial charge on any atom is -1.00 e. The van der Waals surface area contributed by atoms with Gasteiger partial charge in [0.1, 0.15) is 0 Å². The van der Waals surface area contributed by atoms with Crippen molar-refractivity contribution < 1.29 is 27.3 Å². The van der Waals surface area contributed by atoms with E-state index in [1.807, 2.05) is 0 Å². The Bertz CT molecular complexity index is 98.8. The van der Waals surface area contributed by atoms with Gasteiger partial charge in [-0.15, -0.1) is 0 Å². The Morgan fingerprint density at radius 3 is 0.737 bits per heavy atom. The van der Waals surface area contributed by atoms with Gasteiger partial charge in [0.05, 0.1) is 0 Å². The van der Waals surface area contributed by atoms with Crippen LogP contribution in [-0.4, -0.2) is 0 Å². The van der Waals surface area contributed by atoms with Crippen molar-refractivity contribution in [3.05, 3.63) is 20.8 Å². The first-order chi connectivity index (χ1) is 8.31. The fourth-order valence-corrected chi connectivity index (χ4v) is 1.22. The molecular weight excluding hydrogens is 395 g/mol. The molecule has 0 unspecified atom stereocenters. The van der Waals surface area contributed by atoms with E-state index >= 15 is 0 Å². The van der Waals surface area contributed by atoms with Crippen molar-refractivity contribution in [3.63, 3.8) is 0 Å². The first-order valence-electron chi connectivity index (χ1n) is 7.69. The molecule has 0 heterocycles. The van der Waals surface area contributed by atoms with Gasteiger partial charge >= 0.3 is 0 Å². The molecule has 0 N–H and O–H groups in total. The Morgan fingerprint density at radius 1 is 0.579 bits per heavy atom. The van der Waals surface area contributed by atoms with E-state index in [4.69, 9.17) is 0 Å². The summed E-state index contributed by atoms with van der Waals surface area (Å²) in [6.45, 7) is 24.5. The molecule has 0 rings (SSSR count). The van der Waals surface area contributed by atoms with Gasteiger partial charge in [-0.2, -0.15) is 19.3 Å². The first kappa shape index (κ1) is 28.1. The summed E-state index contributed by atoms with van der Waals surface area (Å²) in [5.74, 6) is 2.51. The van der Waals surface area contributed by atoms with Crippen molar-refractivity contribution in [1.29, 1.82) is 0 Å². The van der Waals surface area contributed by atoms with Crippen molar-refractivity contribution in [1.82, 2.24) is 0 Å². The Hall–Kier alpha value is 0.870. The molecule has 0 nitrogen and oxygen atoms in total. The van der Waals surface area contributed by atoms with Crippen molar-refractivity contribution in [2.45, 2.75) is 80.1 Å². The average molecular weight is 435 g/mol. The Balaban J connectivity index is -0.0000000536. The molecule has 0 atom stereocenters. The molecule has 0 radical (unpaired) electrons. The monoisotopic (exact) mass is 436 g/mol.